The van der Waals surface area contributed by atoms with Crippen LogP contribution < -0.4 is 0 Å². The molecule has 1 atom stereocenters. The minimum Gasteiger partial charge on any atom is -0.385 e. The van der Waals surface area contributed by atoms with Crippen LogP contribution in [0, 0.1) is 5.92 Å². The Morgan fingerprint density at radius 3 is 2.54 bits per heavy atom. The van der Waals surface area contributed by atoms with Crippen molar-refractivity contribution in [2.45, 2.75) is 20.0 Å². The maximum Gasteiger partial charge on any atom is 0.201 e. The zero-order valence-corrected chi connectivity index (χ0v) is 9.02. The molecule has 1 aromatic rings. The topological polar surface area (TPSA) is 37.3 Å². The van der Waals surface area contributed by atoms with Gasteiger partial charge in [0.2, 0.25) is 5.78 Å². The van der Waals surface area contributed by atoms with E-state index in [1.54, 1.807) is 26.0 Å². The molecule has 0 saturated carbocycles. The summed E-state index contributed by atoms with van der Waals surface area (Å²) in [5.41, 5.74) is 0. The maximum absolute atomic E-state index is 11.5. The summed E-state index contributed by atoms with van der Waals surface area (Å²) in [5, 5.41) is 9.47. The first-order chi connectivity index (χ1) is 6.02. The van der Waals surface area contributed by atoms with E-state index >= 15 is 0 Å². The van der Waals surface area contributed by atoms with Crippen molar-refractivity contribution in [3.63, 3.8) is 0 Å². The Labute approximate surface area is 86.2 Å². The molecule has 0 aliphatic carbocycles. The lowest BCUT2D eigenvalue weighted by Gasteiger charge is -2.11. The molecule has 1 aromatic heterocycles. The molecule has 0 aliphatic heterocycles. The lowest BCUT2D eigenvalue weighted by Crippen LogP contribution is -2.25. The van der Waals surface area contributed by atoms with Crippen molar-refractivity contribution in [1.82, 2.24) is 0 Å². The Morgan fingerprint density at radius 1 is 1.54 bits per heavy atom. The zero-order valence-electron chi connectivity index (χ0n) is 7.45. The fourth-order valence-electron chi connectivity index (χ4n) is 0.895. The fraction of sp³-hybridized carbons (Fsp3) is 0.444. The highest BCUT2D eigenvalue weighted by molar-refractivity contribution is 7.18. The molecule has 0 saturated heterocycles. The molecule has 0 fully saturated rings. The molecule has 0 aliphatic rings. The van der Waals surface area contributed by atoms with E-state index in [1.807, 2.05) is 0 Å². The molecule has 0 spiro atoms. The molecule has 0 bridgehead atoms. The summed E-state index contributed by atoms with van der Waals surface area (Å²) in [7, 11) is 0. The summed E-state index contributed by atoms with van der Waals surface area (Å²) in [6.45, 7) is 3.61. The lowest BCUT2D eigenvalue weighted by atomic mass is 10.0. The van der Waals surface area contributed by atoms with Crippen LogP contribution in [0.1, 0.15) is 23.5 Å². The van der Waals surface area contributed by atoms with Gasteiger partial charge in [0, 0.05) is 0 Å². The first-order valence-corrected chi connectivity index (χ1v) is 5.19. The van der Waals surface area contributed by atoms with Gasteiger partial charge < -0.3 is 5.11 Å². The van der Waals surface area contributed by atoms with Gasteiger partial charge in [0.25, 0.3) is 0 Å². The van der Waals surface area contributed by atoms with Crippen LogP contribution in [0.5, 0.6) is 0 Å². The van der Waals surface area contributed by atoms with E-state index in [-0.39, 0.29) is 11.7 Å². The Bertz CT molecular complexity index is 306. The zero-order chi connectivity index (χ0) is 10.0. The van der Waals surface area contributed by atoms with Crippen LogP contribution in [0.2, 0.25) is 4.34 Å². The van der Waals surface area contributed by atoms with Crippen LogP contribution in [0.25, 0.3) is 0 Å². The van der Waals surface area contributed by atoms with Crippen molar-refractivity contribution in [3.8, 4) is 0 Å². The second kappa shape index (κ2) is 4.22. The smallest absolute Gasteiger partial charge is 0.201 e. The summed E-state index contributed by atoms with van der Waals surface area (Å²) in [6, 6.07) is 3.30. The normalized spacial score (nSPS) is 13.3. The number of halogens is 1. The fourth-order valence-corrected chi connectivity index (χ4v) is 1.91. The van der Waals surface area contributed by atoms with E-state index in [0.29, 0.717) is 9.21 Å². The molecule has 0 radical (unpaired) electrons. The van der Waals surface area contributed by atoms with Crippen molar-refractivity contribution >= 4 is 28.7 Å². The van der Waals surface area contributed by atoms with Gasteiger partial charge in [0.1, 0.15) is 6.10 Å². The van der Waals surface area contributed by atoms with Crippen molar-refractivity contribution in [3.05, 3.63) is 21.3 Å². The molecule has 1 rings (SSSR count). The quantitative estimate of drug-likeness (QED) is 0.792. The van der Waals surface area contributed by atoms with Gasteiger partial charge in [-0.25, -0.2) is 0 Å². The third kappa shape index (κ3) is 2.53. The highest BCUT2D eigenvalue weighted by atomic mass is 35.5. The van der Waals surface area contributed by atoms with Crippen LogP contribution in [-0.4, -0.2) is 17.0 Å². The van der Waals surface area contributed by atoms with Crippen molar-refractivity contribution in [2.24, 2.45) is 5.92 Å². The third-order valence-corrected chi connectivity index (χ3v) is 2.96. The Kier molecular flexibility index (Phi) is 3.47. The second-order valence-electron chi connectivity index (χ2n) is 3.16. The monoisotopic (exact) mass is 218 g/mol. The van der Waals surface area contributed by atoms with Crippen LogP contribution in [0.3, 0.4) is 0 Å². The van der Waals surface area contributed by atoms with Crippen LogP contribution in [0.4, 0.5) is 0 Å². The summed E-state index contributed by atoms with van der Waals surface area (Å²) >= 11 is 6.87. The number of carbonyl (C=O) groups is 1. The van der Waals surface area contributed by atoms with Crippen LogP contribution >= 0.6 is 22.9 Å². The number of Topliss-reactive ketones (excluding diaryl/α,β-unsaturated/α-hetero) is 1. The first kappa shape index (κ1) is 10.7. The Balaban J connectivity index is 2.79. The second-order valence-corrected chi connectivity index (χ2v) is 4.87. The van der Waals surface area contributed by atoms with Gasteiger partial charge in [-0.15, -0.1) is 11.3 Å². The van der Waals surface area contributed by atoms with Crippen molar-refractivity contribution in [1.29, 1.82) is 0 Å². The number of thiophene rings is 1. The van der Waals surface area contributed by atoms with E-state index in [2.05, 4.69) is 0 Å². The molecule has 0 aromatic carbocycles. The molecule has 1 unspecified atom stereocenters. The lowest BCUT2D eigenvalue weighted by molar-refractivity contribution is 0.0652. The SMILES string of the molecule is CC(C)C(O)C(=O)c1ccc(Cl)s1. The predicted molar refractivity (Wildman–Crippen MR) is 54.5 cm³/mol. The average molecular weight is 219 g/mol. The maximum atomic E-state index is 11.5. The third-order valence-electron chi connectivity index (χ3n) is 1.72. The number of carbonyl (C=O) groups excluding carboxylic acids is 1. The molecule has 2 nitrogen and oxygen atoms in total. The summed E-state index contributed by atoms with van der Waals surface area (Å²) in [5.74, 6) is -0.305. The number of ketones is 1. The van der Waals surface area contributed by atoms with Gasteiger partial charge in [-0.3, -0.25) is 4.79 Å². The highest BCUT2D eigenvalue weighted by Crippen LogP contribution is 2.23. The van der Waals surface area contributed by atoms with Crippen LogP contribution in [-0.2, 0) is 0 Å². The molecule has 13 heavy (non-hydrogen) atoms. The van der Waals surface area contributed by atoms with Gasteiger partial charge in [-0.05, 0) is 18.1 Å². The predicted octanol–water partition coefficient (Wildman–Crippen LogP) is 2.60. The number of aliphatic hydroxyl groups excluding tert-OH is 1. The number of hydrogen-bond acceptors (Lipinski definition) is 3. The van der Waals surface area contributed by atoms with E-state index in [1.165, 1.54) is 11.3 Å². The highest BCUT2D eigenvalue weighted by Gasteiger charge is 2.21. The number of rotatable bonds is 3. The number of hydrogen-bond donors (Lipinski definition) is 1. The minimum atomic E-state index is -0.922. The summed E-state index contributed by atoms with van der Waals surface area (Å²) < 4.78 is 0.569. The van der Waals surface area contributed by atoms with E-state index in [4.69, 9.17) is 11.6 Å². The van der Waals surface area contributed by atoms with Crippen molar-refractivity contribution < 1.29 is 9.90 Å². The van der Waals surface area contributed by atoms with E-state index in [9.17, 15) is 9.90 Å². The van der Waals surface area contributed by atoms with Gasteiger partial charge in [0.05, 0.1) is 9.21 Å². The summed E-state index contributed by atoms with van der Waals surface area (Å²) in [6.07, 6.45) is -0.922. The molecule has 1 heterocycles. The molecular formula is C9H11ClO2S. The molecular weight excluding hydrogens is 208 g/mol. The van der Waals surface area contributed by atoms with Gasteiger partial charge >= 0.3 is 0 Å². The molecule has 1 N–H and O–H groups in total. The molecule has 4 heteroatoms. The standard InChI is InChI=1S/C9H11ClO2S/c1-5(2)8(11)9(12)6-3-4-7(10)13-6/h3-5,8,11H,1-2H3. The molecule has 72 valence electrons. The number of aliphatic hydroxyl groups is 1. The van der Waals surface area contributed by atoms with Gasteiger partial charge in [0.15, 0.2) is 0 Å². The minimum absolute atomic E-state index is 0.0617. The largest absolute Gasteiger partial charge is 0.385 e. The van der Waals surface area contributed by atoms with Crippen LogP contribution in [0.15, 0.2) is 12.1 Å². The Morgan fingerprint density at radius 2 is 2.15 bits per heavy atom. The Hall–Kier alpha value is -0.380. The van der Waals surface area contributed by atoms with Gasteiger partial charge in [-0.1, -0.05) is 25.4 Å². The summed E-state index contributed by atoms with van der Waals surface area (Å²) in [4.78, 5) is 12.0. The molecule has 0 amide bonds. The van der Waals surface area contributed by atoms with Crippen molar-refractivity contribution in [2.75, 3.05) is 0 Å². The average Bonchev–Trinajstić information content (AvgIpc) is 2.49. The van der Waals surface area contributed by atoms with E-state index in [0.717, 1.165) is 0 Å². The van der Waals surface area contributed by atoms with E-state index < -0.39 is 6.10 Å². The van der Waals surface area contributed by atoms with Gasteiger partial charge in [-0.2, -0.15) is 0 Å². The first-order valence-electron chi connectivity index (χ1n) is 4.00.